The number of nitrogen functional groups attached to an aromatic ring is 1. The molecule has 0 spiro atoms. The number of hydrogen-bond donors (Lipinski definition) is 3. The van der Waals surface area contributed by atoms with Gasteiger partial charge in [-0.1, -0.05) is 26.0 Å². The monoisotopic (exact) mass is 278 g/mol. The molecule has 0 bridgehead atoms. The van der Waals surface area contributed by atoms with Crippen LogP contribution in [0.4, 0.5) is 26.1 Å². The Balaban J connectivity index is 2.32. The van der Waals surface area contributed by atoms with Gasteiger partial charge < -0.3 is 10.7 Å². The fraction of sp³-hybridized carbons (Fsp3) is 0.214. The van der Waals surface area contributed by atoms with Crippen LogP contribution in [0.25, 0.3) is 0 Å². The van der Waals surface area contributed by atoms with Gasteiger partial charge in [-0.05, 0) is 23.6 Å². The first-order chi connectivity index (χ1) is 9.51. The van der Waals surface area contributed by atoms with Crippen LogP contribution in [-0.4, -0.2) is 4.98 Å². The van der Waals surface area contributed by atoms with E-state index in [-0.39, 0.29) is 11.6 Å². The summed E-state index contributed by atoms with van der Waals surface area (Å²) in [5.41, 5.74) is 3.87. The molecule has 1 aromatic heterocycles. The maximum absolute atomic E-state index is 13.7. The van der Waals surface area contributed by atoms with E-state index >= 15 is 0 Å². The summed E-state index contributed by atoms with van der Waals surface area (Å²) in [5.74, 6) is 3.56. The van der Waals surface area contributed by atoms with Crippen LogP contribution in [0, 0.1) is 11.6 Å². The summed E-state index contributed by atoms with van der Waals surface area (Å²) >= 11 is 0. The minimum absolute atomic E-state index is 0.0831. The van der Waals surface area contributed by atoms with Crippen molar-refractivity contribution in [3.05, 3.63) is 47.5 Å². The molecule has 0 aliphatic heterocycles. The second-order valence-corrected chi connectivity index (χ2v) is 4.70. The predicted octanol–water partition coefficient (Wildman–Crippen LogP) is 3.51. The van der Waals surface area contributed by atoms with Crippen LogP contribution in [0.3, 0.4) is 0 Å². The minimum Gasteiger partial charge on any atom is -0.338 e. The number of benzene rings is 1. The molecule has 0 unspecified atom stereocenters. The van der Waals surface area contributed by atoms with Crippen LogP contribution in [0.5, 0.6) is 0 Å². The van der Waals surface area contributed by atoms with Gasteiger partial charge in [0.1, 0.15) is 0 Å². The van der Waals surface area contributed by atoms with Crippen molar-refractivity contribution in [3.8, 4) is 0 Å². The molecule has 0 amide bonds. The number of aromatic nitrogens is 1. The van der Waals surface area contributed by atoms with Crippen molar-refractivity contribution in [3.63, 3.8) is 0 Å². The molecule has 0 aliphatic carbocycles. The van der Waals surface area contributed by atoms with E-state index < -0.39 is 11.6 Å². The van der Waals surface area contributed by atoms with Crippen LogP contribution >= 0.6 is 0 Å². The molecular weight excluding hydrogens is 262 g/mol. The van der Waals surface area contributed by atoms with Crippen molar-refractivity contribution in [1.29, 1.82) is 0 Å². The Morgan fingerprint density at radius 2 is 1.80 bits per heavy atom. The molecular formula is C14H16F2N4. The highest BCUT2D eigenvalue weighted by atomic mass is 19.1. The van der Waals surface area contributed by atoms with Crippen LogP contribution in [-0.2, 0) is 0 Å². The van der Waals surface area contributed by atoms with E-state index in [4.69, 9.17) is 5.84 Å². The maximum atomic E-state index is 13.7. The lowest BCUT2D eigenvalue weighted by molar-refractivity contribution is 0.579. The topological polar surface area (TPSA) is 63.0 Å². The van der Waals surface area contributed by atoms with E-state index in [1.165, 1.54) is 0 Å². The second-order valence-electron chi connectivity index (χ2n) is 4.70. The lowest BCUT2D eigenvalue weighted by Gasteiger charge is -2.11. The molecule has 2 rings (SSSR count). The third-order valence-corrected chi connectivity index (χ3v) is 2.88. The molecule has 4 nitrogen and oxygen atoms in total. The van der Waals surface area contributed by atoms with Gasteiger partial charge in [0.15, 0.2) is 23.3 Å². The Morgan fingerprint density at radius 3 is 2.45 bits per heavy atom. The van der Waals surface area contributed by atoms with Crippen LogP contribution < -0.4 is 16.6 Å². The van der Waals surface area contributed by atoms with E-state index in [9.17, 15) is 8.78 Å². The number of pyridine rings is 1. The number of halogens is 2. The van der Waals surface area contributed by atoms with Gasteiger partial charge in [0.25, 0.3) is 0 Å². The zero-order valence-corrected chi connectivity index (χ0v) is 11.2. The number of hydrazine groups is 1. The van der Waals surface area contributed by atoms with Crippen molar-refractivity contribution >= 4 is 17.3 Å². The lowest BCUT2D eigenvalue weighted by Crippen LogP contribution is -2.12. The number of nitrogens with zero attached hydrogens (tertiary/aromatic N) is 1. The van der Waals surface area contributed by atoms with Gasteiger partial charge in [-0.3, -0.25) is 0 Å². The molecule has 0 fully saturated rings. The summed E-state index contributed by atoms with van der Waals surface area (Å²) in [4.78, 5) is 3.76. The fourth-order valence-electron chi connectivity index (χ4n) is 1.77. The zero-order valence-electron chi connectivity index (χ0n) is 11.2. The number of nitrogens with two attached hydrogens (primary N) is 1. The number of anilines is 3. The quantitative estimate of drug-likeness (QED) is 0.591. The van der Waals surface area contributed by atoms with Crippen molar-refractivity contribution in [1.82, 2.24) is 4.98 Å². The van der Waals surface area contributed by atoms with Crippen molar-refractivity contribution in [2.45, 2.75) is 19.8 Å². The molecule has 20 heavy (non-hydrogen) atoms. The largest absolute Gasteiger partial charge is 0.338 e. The van der Waals surface area contributed by atoms with Gasteiger partial charge in [0.05, 0.1) is 0 Å². The summed E-state index contributed by atoms with van der Waals surface area (Å²) in [7, 11) is 0. The molecule has 0 aliphatic rings. The number of rotatable bonds is 4. The average Bonchev–Trinajstić information content (AvgIpc) is 2.42. The SMILES string of the molecule is CC(C)c1cccc(Nc2nc(NN)c(F)cc2F)c1. The Morgan fingerprint density at radius 1 is 1.10 bits per heavy atom. The Labute approximate surface area is 116 Å². The van der Waals surface area contributed by atoms with Crippen LogP contribution in [0.2, 0.25) is 0 Å². The summed E-state index contributed by atoms with van der Waals surface area (Å²) in [6.45, 7) is 4.12. The van der Waals surface area contributed by atoms with Gasteiger partial charge in [0, 0.05) is 11.8 Å². The zero-order chi connectivity index (χ0) is 14.7. The molecule has 6 heteroatoms. The Kier molecular flexibility index (Phi) is 4.14. The molecule has 4 N–H and O–H groups in total. The smallest absolute Gasteiger partial charge is 0.178 e. The maximum Gasteiger partial charge on any atom is 0.178 e. The highest BCUT2D eigenvalue weighted by Crippen LogP contribution is 2.24. The minimum atomic E-state index is -0.841. The van der Waals surface area contributed by atoms with Crippen molar-refractivity contribution in [2.24, 2.45) is 5.84 Å². The molecule has 106 valence electrons. The van der Waals surface area contributed by atoms with Crippen molar-refractivity contribution < 1.29 is 8.78 Å². The molecule has 0 atom stereocenters. The molecule has 2 aromatic rings. The van der Waals surface area contributed by atoms with E-state index in [1.807, 2.05) is 18.2 Å². The lowest BCUT2D eigenvalue weighted by atomic mass is 10.0. The molecule has 0 saturated heterocycles. The fourth-order valence-corrected chi connectivity index (χ4v) is 1.77. The van der Waals surface area contributed by atoms with E-state index in [2.05, 4.69) is 29.6 Å². The summed E-state index contributed by atoms with van der Waals surface area (Å²) < 4.78 is 26.9. The van der Waals surface area contributed by atoms with Gasteiger partial charge in [-0.25, -0.2) is 19.6 Å². The standard InChI is InChI=1S/C14H16F2N4/c1-8(2)9-4-3-5-10(6-9)18-13-11(15)7-12(16)14(19-13)20-17/h3-8H,17H2,1-2H3,(H2,18,19,20). The summed E-state index contributed by atoms with van der Waals surface area (Å²) in [6, 6.07) is 8.26. The highest BCUT2D eigenvalue weighted by molar-refractivity contribution is 5.59. The number of nitrogens with one attached hydrogen (secondary N) is 2. The molecule has 1 aromatic carbocycles. The summed E-state index contributed by atoms with van der Waals surface area (Å²) in [5, 5.41) is 2.82. The molecule has 0 saturated carbocycles. The van der Waals surface area contributed by atoms with Gasteiger partial charge >= 0.3 is 0 Å². The van der Waals surface area contributed by atoms with E-state index in [0.29, 0.717) is 11.6 Å². The van der Waals surface area contributed by atoms with E-state index in [0.717, 1.165) is 11.6 Å². The highest BCUT2D eigenvalue weighted by Gasteiger charge is 2.11. The first kappa shape index (κ1) is 14.2. The van der Waals surface area contributed by atoms with Crippen LogP contribution in [0.1, 0.15) is 25.3 Å². The van der Waals surface area contributed by atoms with Gasteiger partial charge in [-0.2, -0.15) is 0 Å². The van der Waals surface area contributed by atoms with E-state index in [1.54, 1.807) is 6.07 Å². The Bertz CT molecular complexity index is 614. The van der Waals surface area contributed by atoms with Crippen molar-refractivity contribution in [2.75, 3.05) is 10.7 Å². The predicted molar refractivity (Wildman–Crippen MR) is 75.8 cm³/mol. The molecule has 0 radical (unpaired) electrons. The third-order valence-electron chi connectivity index (χ3n) is 2.88. The first-order valence-electron chi connectivity index (χ1n) is 6.21. The first-order valence-corrected chi connectivity index (χ1v) is 6.21. The second kappa shape index (κ2) is 5.83. The van der Waals surface area contributed by atoms with Crippen LogP contribution in [0.15, 0.2) is 30.3 Å². The molecule has 1 heterocycles. The van der Waals surface area contributed by atoms with Gasteiger partial charge in [-0.15, -0.1) is 0 Å². The third kappa shape index (κ3) is 3.03. The average molecular weight is 278 g/mol. The van der Waals surface area contributed by atoms with Gasteiger partial charge in [0.2, 0.25) is 0 Å². The summed E-state index contributed by atoms with van der Waals surface area (Å²) in [6.07, 6.45) is 0. The normalized spacial score (nSPS) is 10.7. The number of hydrogen-bond acceptors (Lipinski definition) is 4. The Hall–Kier alpha value is -2.21.